The van der Waals surface area contributed by atoms with Gasteiger partial charge in [-0.25, -0.2) is 0 Å². The number of carbonyl (C=O) groups is 1. The van der Waals surface area contributed by atoms with Gasteiger partial charge in [0.05, 0.1) is 11.3 Å². The molecular formula is C14H15N3OS. The Labute approximate surface area is 116 Å². The number of hydrogen-bond acceptors (Lipinski definition) is 4. The van der Waals surface area contributed by atoms with Gasteiger partial charge in [-0.05, 0) is 18.1 Å². The third kappa shape index (κ3) is 2.34. The van der Waals surface area contributed by atoms with Crippen LogP contribution in [0.1, 0.15) is 5.56 Å². The van der Waals surface area contributed by atoms with Crippen LogP contribution >= 0.6 is 11.8 Å². The first kappa shape index (κ1) is 12.5. The summed E-state index contributed by atoms with van der Waals surface area (Å²) >= 11 is 1.63. The van der Waals surface area contributed by atoms with Gasteiger partial charge in [-0.2, -0.15) is 5.26 Å². The first-order valence-corrected chi connectivity index (χ1v) is 7.33. The highest BCUT2D eigenvalue weighted by Crippen LogP contribution is 2.37. The summed E-state index contributed by atoms with van der Waals surface area (Å²) in [5.74, 6) is 0.106. The molecular weight excluding hydrogens is 258 g/mol. The minimum Gasteiger partial charge on any atom is -0.323 e. The monoisotopic (exact) mass is 273 g/mol. The predicted molar refractivity (Wildman–Crippen MR) is 73.8 cm³/mol. The van der Waals surface area contributed by atoms with Gasteiger partial charge in [-0.3, -0.25) is 4.79 Å². The van der Waals surface area contributed by atoms with E-state index in [-0.39, 0.29) is 17.2 Å². The van der Waals surface area contributed by atoms with E-state index in [1.807, 2.05) is 12.1 Å². The number of fused-ring (bicyclic) bond motifs is 1. The topological polar surface area (TPSA) is 56.1 Å². The van der Waals surface area contributed by atoms with Gasteiger partial charge in [-0.15, -0.1) is 11.8 Å². The Bertz CT molecular complexity index is 515. The Morgan fingerprint density at radius 3 is 3.11 bits per heavy atom. The van der Waals surface area contributed by atoms with E-state index in [0.29, 0.717) is 13.1 Å². The van der Waals surface area contributed by atoms with Gasteiger partial charge in [0.1, 0.15) is 6.04 Å². The molecule has 0 bridgehead atoms. The van der Waals surface area contributed by atoms with Gasteiger partial charge in [0, 0.05) is 24.5 Å². The van der Waals surface area contributed by atoms with Crippen molar-refractivity contribution in [3.63, 3.8) is 0 Å². The predicted octanol–water partition coefficient (Wildman–Crippen LogP) is 1.03. The number of piperazine rings is 1. The van der Waals surface area contributed by atoms with E-state index in [1.54, 1.807) is 16.7 Å². The molecule has 0 saturated carbocycles. The minimum absolute atomic E-state index is 0.0636. The molecule has 19 heavy (non-hydrogen) atoms. The Balaban J connectivity index is 1.74. The molecule has 0 aromatic heterocycles. The molecule has 0 radical (unpaired) electrons. The summed E-state index contributed by atoms with van der Waals surface area (Å²) in [6.45, 7) is 1.98. The lowest BCUT2D eigenvalue weighted by Crippen LogP contribution is -2.55. The number of thioether (sulfide) groups is 1. The quantitative estimate of drug-likeness (QED) is 0.830. The number of nitriles is 1. The maximum Gasteiger partial charge on any atom is 0.237 e. The van der Waals surface area contributed by atoms with Gasteiger partial charge in [0.15, 0.2) is 0 Å². The van der Waals surface area contributed by atoms with E-state index in [4.69, 9.17) is 5.26 Å². The molecule has 2 aliphatic rings. The van der Waals surface area contributed by atoms with Crippen LogP contribution in [0.15, 0.2) is 29.2 Å². The molecule has 1 aromatic rings. The van der Waals surface area contributed by atoms with Crippen LogP contribution in [0, 0.1) is 11.3 Å². The summed E-state index contributed by atoms with van der Waals surface area (Å²) in [6.07, 6.45) is 0.780. The Morgan fingerprint density at radius 1 is 1.47 bits per heavy atom. The second kappa shape index (κ2) is 5.24. The van der Waals surface area contributed by atoms with Crippen LogP contribution in [0.25, 0.3) is 0 Å². The first-order valence-electron chi connectivity index (χ1n) is 6.45. The highest BCUT2D eigenvalue weighted by Gasteiger charge is 2.35. The van der Waals surface area contributed by atoms with Crippen molar-refractivity contribution >= 4 is 17.7 Å². The number of nitrogens with one attached hydrogen (secondary N) is 1. The zero-order valence-corrected chi connectivity index (χ0v) is 11.3. The lowest BCUT2D eigenvalue weighted by molar-refractivity contribution is -0.132. The zero-order chi connectivity index (χ0) is 13.2. The zero-order valence-electron chi connectivity index (χ0n) is 10.5. The summed E-state index contributed by atoms with van der Waals surface area (Å²) in [5.41, 5.74) is 1.24. The molecule has 5 heteroatoms. The van der Waals surface area contributed by atoms with Crippen LogP contribution in [0.4, 0.5) is 0 Å². The van der Waals surface area contributed by atoms with Crippen LogP contribution < -0.4 is 5.32 Å². The van der Waals surface area contributed by atoms with Crippen molar-refractivity contribution in [3.05, 3.63) is 29.8 Å². The van der Waals surface area contributed by atoms with Crippen molar-refractivity contribution in [2.24, 2.45) is 0 Å². The molecule has 2 unspecified atom stereocenters. The smallest absolute Gasteiger partial charge is 0.237 e. The molecule has 0 aliphatic carbocycles. The van der Waals surface area contributed by atoms with Gasteiger partial charge in [-0.1, -0.05) is 18.2 Å². The van der Waals surface area contributed by atoms with E-state index in [0.717, 1.165) is 13.0 Å². The largest absolute Gasteiger partial charge is 0.323 e. The van der Waals surface area contributed by atoms with Crippen LogP contribution in [0.2, 0.25) is 0 Å². The second-order valence-electron chi connectivity index (χ2n) is 4.80. The maximum absolute atomic E-state index is 12.6. The standard InChI is InChI=1S/C14H15N3OS/c15-8-11-9-16-5-6-17(11)14(18)13-7-10-3-1-2-4-12(10)19-13/h1-4,11,13,16H,5-7,9H2. The highest BCUT2D eigenvalue weighted by molar-refractivity contribution is 8.01. The summed E-state index contributed by atoms with van der Waals surface area (Å²) in [4.78, 5) is 15.5. The Hall–Kier alpha value is -1.51. The minimum atomic E-state index is -0.328. The van der Waals surface area contributed by atoms with Gasteiger partial charge in [0.25, 0.3) is 0 Å². The normalized spacial score (nSPS) is 25.7. The molecule has 2 heterocycles. The molecule has 1 aromatic carbocycles. The number of carbonyl (C=O) groups excluding carboxylic acids is 1. The van der Waals surface area contributed by atoms with E-state index in [2.05, 4.69) is 23.5 Å². The molecule has 1 saturated heterocycles. The molecule has 2 atom stereocenters. The van der Waals surface area contributed by atoms with Crippen LogP contribution in [0.3, 0.4) is 0 Å². The van der Waals surface area contributed by atoms with Crippen molar-refractivity contribution in [2.45, 2.75) is 22.6 Å². The van der Waals surface area contributed by atoms with Crippen LogP contribution in [-0.4, -0.2) is 41.7 Å². The lowest BCUT2D eigenvalue weighted by Gasteiger charge is -2.33. The molecule has 1 N–H and O–H groups in total. The van der Waals surface area contributed by atoms with E-state index >= 15 is 0 Å². The molecule has 98 valence electrons. The van der Waals surface area contributed by atoms with Crippen molar-refractivity contribution in [1.82, 2.24) is 10.2 Å². The van der Waals surface area contributed by atoms with Crippen LogP contribution in [0.5, 0.6) is 0 Å². The number of nitrogens with zero attached hydrogens (tertiary/aromatic N) is 2. The van der Waals surface area contributed by atoms with Gasteiger partial charge < -0.3 is 10.2 Å². The summed E-state index contributed by atoms with van der Waals surface area (Å²) < 4.78 is 0. The SMILES string of the molecule is N#CC1CNCCN1C(=O)C1Cc2ccccc2S1. The lowest BCUT2D eigenvalue weighted by atomic mass is 10.1. The third-order valence-electron chi connectivity index (χ3n) is 3.60. The average molecular weight is 273 g/mol. The maximum atomic E-state index is 12.6. The molecule has 3 rings (SSSR count). The van der Waals surface area contributed by atoms with E-state index in [9.17, 15) is 4.79 Å². The summed E-state index contributed by atoms with van der Waals surface area (Å²) in [7, 11) is 0. The fourth-order valence-electron chi connectivity index (χ4n) is 2.59. The number of benzene rings is 1. The van der Waals surface area contributed by atoms with E-state index < -0.39 is 0 Å². The summed E-state index contributed by atoms with van der Waals surface area (Å²) in [6, 6.07) is 10.0. The first-order chi connectivity index (χ1) is 9.29. The van der Waals surface area contributed by atoms with E-state index in [1.165, 1.54) is 10.5 Å². The second-order valence-corrected chi connectivity index (χ2v) is 6.04. The number of amides is 1. The Morgan fingerprint density at radius 2 is 2.32 bits per heavy atom. The molecule has 1 amide bonds. The number of hydrogen-bond donors (Lipinski definition) is 1. The fraction of sp³-hybridized carbons (Fsp3) is 0.429. The van der Waals surface area contributed by atoms with Crippen molar-refractivity contribution < 1.29 is 4.79 Å². The van der Waals surface area contributed by atoms with Gasteiger partial charge in [0.2, 0.25) is 5.91 Å². The van der Waals surface area contributed by atoms with Crippen molar-refractivity contribution in [1.29, 1.82) is 5.26 Å². The molecule has 0 spiro atoms. The molecule has 4 nitrogen and oxygen atoms in total. The molecule has 2 aliphatic heterocycles. The number of rotatable bonds is 1. The Kier molecular flexibility index (Phi) is 3.45. The third-order valence-corrected chi connectivity index (χ3v) is 4.90. The molecule has 1 fully saturated rings. The highest BCUT2D eigenvalue weighted by atomic mass is 32.2. The van der Waals surface area contributed by atoms with Crippen molar-refractivity contribution in [3.8, 4) is 6.07 Å². The van der Waals surface area contributed by atoms with Crippen LogP contribution in [-0.2, 0) is 11.2 Å². The van der Waals surface area contributed by atoms with Gasteiger partial charge >= 0.3 is 0 Å². The average Bonchev–Trinajstić information content (AvgIpc) is 2.90. The fourth-order valence-corrected chi connectivity index (χ4v) is 3.85. The summed E-state index contributed by atoms with van der Waals surface area (Å²) in [5, 5.41) is 12.2. The van der Waals surface area contributed by atoms with Crippen molar-refractivity contribution in [2.75, 3.05) is 19.6 Å².